The fraction of sp³-hybridized carbons (Fsp3) is 0.0833. The number of carbonyl (C=O) groups excluding carboxylic acids is 1. The molecule has 0 bridgehead atoms. The minimum absolute atomic E-state index is 0.0124. The SMILES string of the molecule is O=Cc1ccc(-c2cc(Br)cc(OC(F)F)c2)o1. The number of aldehydes is 1. The van der Waals surface area contributed by atoms with Crippen LogP contribution in [0, 0.1) is 0 Å². The van der Waals surface area contributed by atoms with Gasteiger partial charge in [0.1, 0.15) is 11.5 Å². The summed E-state index contributed by atoms with van der Waals surface area (Å²) in [6.45, 7) is -2.89. The van der Waals surface area contributed by atoms with Crippen molar-refractivity contribution in [3.8, 4) is 17.1 Å². The van der Waals surface area contributed by atoms with Crippen LogP contribution in [-0.2, 0) is 0 Å². The van der Waals surface area contributed by atoms with Crippen LogP contribution in [0.5, 0.6) is 5.75 Å². The van der Waals surface area contributed by atoms with E-state index < -0.39 is 6.61 Å². The highest BCUT2D eigenvalue weighted by molar-refractivity contribution is 9.10. The van der Waals surface area contributed by atoms with Crippen molar-refractivity contribution >= 4 is 22.2 Å². The molecule has 0 amide bonds. The number of carbonyl (C=O) groups is 1. The highest BCUT2D eigenvalue weighted by Gasteiger charge is 2.10. The predicted octanol–water partition coefficient (Wildman–Crippen LogP) is 4.12. The van der Waals surface area contributed by atoms with Crippen LogP contribution in [0.1, 0.15) is 10.6 Å². The Balaban J connectivity index is 2.37. The van der Waals surface area contributed by atoms with Crippen molar-refractivity contribution in [1.29, 1.82) is 0 Å². The molecule has 2 aromatic rings. The molecule has 94 valence electrons. The van der Waals surface area contributed by atoms with Gasteiger partial charge in [-0.05, 0) is 30.3 Å². The molecule has 18 heavy (non-hydrogen) atoms. The summed E-state index contributed by atoms with van der Waals surface area (Å²) in [4.78, 5) is 10.5. The van der Waals surface area contributed by atoms with Crippen LogP contribution in [0.25, 0.3) is 11.3 Å². The lowest BCUT2D eigenvalue weighted by Gasteiger charge is -2.06. The summed E-state index contributed by atoms with van der Waals surface area (Å²) in [7, 11) is 0. The van der Waals surface area contributed by atoms with Crippen molar-refractivity contribution in [2.75, 3.05) is 0 Å². The molecule has 1 aromatic heterocycles. The van der Waals surface area contributed by atoms with Crippen molar-refractivity contribution < 1.29 is 22.7 Å². The topological polar surface area (TPSA) is 39.4 Å². The first kappa shape index (κ1) is 12.8. The number of halogens is 3. The quantitative estimate of drug-likeness (QED) is 0.796. The van der Waals surface area contributed by atoms with Crippen LogP contribution in [0.2, 0.25) is 0 Å². The molecule has 0 aliphatic heterocycles. The lowest BCUT2D eigenvalue weighted by atomic mass is 10.1. The first-order chi connectivity index (χ1) is 8.58. The lowest BCUT2D eigenvalue weighted by Crippen LogP contribution is -2.01. The molecule has 6 heteroatoms. The molecule has 0 aliphatic rings. The fourth-order valence-corrected chi connectivity index (χ4v) is 1.92. The molecule has 0 saturated heterocycles. The Bertz CT molecular complexity index is 566. The maximum atomic E-state index is 12.1. The van der Waals surface area contributed by atoms with E-state index in [1.165, 1.54) is 18.2 Å². The van der Waals surface area contributed by atoms with Crippen molar-refractivity contribution in [2.24, 2.45) is 0 Å². The molecule has 1 heterocycles. The normalized spacial score (nSPS) is 10.7. The van der Waals surface area contributed by atoms with Crippen LogP contribution in [0.15, 0.2) is 39.2 Å². The molecular formula is C12H7BrF2O3. The third kappa shape index (κ3) is 2.95. The van der Waals surface area contributed by atoms with Gasteiger partial charge in [-0.1, -0.05) is 15.9 Å². The number of ether oxygens (including phenoxy) is 1. The van der Waals surface area contributed by atoms with E-state index in [0.717, 1.165) is 0 Å². The first-order valence-electron chi connectivity index (χ1n) is 4.89. The molecule has 1 aromatic carbocycles. The number of hydrogen-bond acceptors (Lipinski definition) is 3. The van der Waals surface area contributed by atoms with E-state index in [2.05, 4.69) is 20.7 Å². The monoisotopic (exact) mass is 316 g/mol. The van der Waals surface area contributed by atoms with Gasteiger partial charge >= 0.3 is 6.61 Å². The molecule has 0 saturated carbocycles. The summed E-state index contributed by atoms with van der Waals surface area (Å²) >= 11 is 3.19. The number of alkyl halides is 2. The molecule has 3 nitrogen and oxygen atoms in total. The standard InChI is InChI=1S/C12H7BrF2O3/c13-8-3-7(4-10(5-8)18-12(14)15)11-2-1-9(6-16)17-11/h1-6,12H. The second kappa shape index (κ2) is 5.30. The van der Waals surface area contributed by atoms with Gasteiger partial charge in [-0.25, -0.2) is 0 Å². The third-order valence-electron chi connectivity index (χ3n) is 2.12. The third-order valence-corrected chi connectivity index (χ3v) is 2.58. The van der Waals surface area contributed by atoms with Gasteiger partial charge in [-0.3, -0.25) is 4.79 Å². The molecule has 0 atom stereocenters. The van der Waals surface area contributed by atoms with Gasteiger partial charge in [0.2, 0.25) is 0 Å². The summed E-state index contributed by atoms with van der Waals surface area (Å²) < 4.78 is 34.4. The number of rotatable bonds is 4. The van der Waals surface area contributed by atoms with Crippen LogP contribution in [0.4, 0.5) is 8.78 Å². The summed E-state index contributed by atoms with van der Waals surface area (Å²) in [6.07, 6.45) is 0.568. The fourth-order valence-electron chi connectivity index (χ4n) is 1.45. The second-order valence-corrected chi connectivity index (χ2v) is 4.29. The van der Waals surface area contributed by atoms with Gasteiger partial charge in [-0.2, -0.15) is 8.78 Å². The van der Waals surface area contributed by atoms with E-state index >= 15 is 0 Å². The van der Waals surface area contributed by atoms with Gasteiger partial charge in [0, 0.05) is 10.0 Å². The highest BCUT2D eigenvalue weighted by Crippen LogP contribution is 2.30. The zero-order valence-corrected chi connectivity index (χ0v) is 10.5. The van der Waals surface area contributed by atoms with Crippen molar-refractivity contribution in [2.45, 2.75) is 6.61 Å². The van der Waals surface area contributed by atoms with E-state index in [1.807, 2.05) is 0 Å². The maximum absolute atomic E-state index is 12.1. The van der Waals surface area contributed by atoms with Crippen LogP contribution >= 0.6 is 15.9 Å². The second-order valence-electron chi connectivity index (χ2n) is 3.37. The Kier molecular flexibility index (Phi) is 3.76. The molecule has 0 N–H and O–H groups in total. The minimum Gasteiger partial charge on any atom is -0.453 e. The summed E-state index contributed by atoms with van der Waals surface area (Å²) in [6, 6.07) is 7.57. The molecule has 0 spiro atoms. The van der Waals surface area contributed by atoms with E-state index in [-0.39, 0.29) is 11.5 Å². The average molecular weight is 317 g/mol. The molecule has 2 rings (SSSR count). The Morgan fingerprint density at radius 3 is 2.67 bits per heavy atom. The van der Waals surface area contributed by atoms with Crippen molar-refractivity contribution in [1.82, 2.24) is 0 Å². The van der Waals surface area contributed by atoms with Crippen molar-refractivity contribution in [3.05, 3.63) is 40.6 Å². The largest absolute Gasteiger partial charge is 0.453 e. The number of benzene rings is 1. The van der Waals surface area contributed by atoms with Gasteiger partial charge in [-0.15, -0.1) is 0 Å². The van der Waals surface area contributed by atoms with E-state index in [1.54, 1.807) is 12.1 Å². The lowest BCUT2D eigenvalue weighted by molar-refractivity contribution is -0.0498. The number of hydrogen-bond donors (Lipinski definition) is 0. The van der Waals surface area contributed by atoms with E-state index in [4.69, 9.17) is 4.42 Å². The maximum Gasteiger partial charge on any atom is 0.387 e. The van der Waals surface area contributed by atoms with E-state index in [0.29, 0.717) is 22.1 Å². The highest BCUT2D eigenvalue weighted by atomic mass is 79.9. The smallest absolute Gasteiger partial charge is 0.387 e. The van der Waals surface area contributed by atoms with Crippen LogP contribution in [-0.4, -0.2) is 12.9 Å². The average Bonchev–Trinajstić information content (AvgIpc) is 2.75. The summed E-state index contributed by atoms with van der Waals surface area (Å²) in [5.74, 6) is 0.581. The molecular weight excluding hydrogens is 310 g/mol. The molecule has 0 aliphatic carbocycles. The predicted molar refractivity (Wildman–Crippen MR) is 63.9 cm³/mol. The van der Waals surface area contributed by atoms with Gasteiger partial charge in [0.15, 0.2) is 12.0 Å². The van der Waals surface area contributed by atoms with E-state index in [9.17, 15) is 13.6 Å². The van der Waals surface area contributed by atoms with Crippen LogP contribution in [0.3, 0.4) is 0 Å². The summed E-state index contributed by atoms with van der Waals surface area (Å²) in [5.41, 5.74) is 0.535. The van der Waals surface area contributed by atoms with Crippen molar-refractivity contribution in [3.63, 3.8) is 0 Å². The Hall–Kier alpha value is -1.69. The van der Waals surface area contributed by atoms with Gasteiger partial charge < -0.3 is 9.15 Å². The zero-order chi connectivity index (χ0) is 13.1. The Labute approximate surface area is 109 Å². The molecule has 0 radical (unpaired) electrons. The minimum atomic E-state index is -2.89. The molecule has 0 fully saturated rings. The van der Waals surface area contributed by atoms with Gasteiger partial charge in [0.05, 0.1) is 0 Å². The molecule has 0 unspecified atom stereocenters. The van der Waals surface area contributed by atoms with Gasteiger partial charge in [0.25, 0.3) is 0 Å². The van der Waals surface area contributed by atoms with Crippen LogP contribution < -0.4 is 4.74 Å². The Morgan fingerprint density at radius 2 is 2.06 bits per heavy atom. The first-order valence-corrected chi connectivity index (χ1v) is 5.68. The zero-order valence-electron chi connectivity index (χ0n) is 8.90. The summed E-state index contributed by atoms with van der Waals surface area (Å²) in [5, 5.41) is 0. The number of furan rings is 1. The Morgan fingerprint density at radius 1 is 1.28 bits per heavy atom.